The molecule has 0 aromatic carbocycles. The molecule has 17 heavy (non-hydrogen) atoms. The van der Waals surface area contributed by atoms with Crippen LogP contribution in [0, 0.1) is 6.92 Å². The van der Waals surface area contributed by atoms with E-state index in [-0.39, 0.29) is 0 Å². The van der Waals surface area contributed by atoms with Crippen LogP contribution >= 0.6 is 43.5 Å². The van der Waals surface area contributed by atoms with Crippen LogP contribution < -0.4 is 0 Å². The molecule has 2 heterocycles. The molecular formula is C10H11Br2ClN4. The molecule has 0 saturated carbocycles. The first-order valence-corrected chi connectivity index (χ1v) is 7.10. The Morgan fingerprint density at radius 2 is 2.00 bits per heavy atom. The maximum Gasteiger partial charge on any atom is 0.129 e. The van der Waals surface area contributed by atoms with E-state index in [0.29, 0.717) is 11.6 Å². The molecule has 0 fully saturated rings. The number of hydrogen-bond donors (Lipinski definition) is 0. The molecule has 0 aliphatic heterocycles. The molecular weight excluding hydrogens is 371 g/mol. The first-order valence-electron chi connectivity index (χ1n) is 5.13. The molecule has 2 aromatic rings. The highest BCUT2D eigenvalue weighted by Gasteiger charge is 2.14. The number of aromatic nitrogens is 4. The highest BCUT2D eigenvalue weighted by molar-refractivity contribution is 9.11. The van der Waals surface area contributed by atoms with E-state index in [1.54, 1.807) is 0 Å². The minimum Gasteiger partial charge on any atom is -0.266 e. The first-order chi connectivity index (χ1) is 8.02. The molecule has 0 aliphatic rings. The van der Waals surface area contributed by atoms with E-state index in [9.17, 15) is 0 Å². The average Bonchev–Trinajstić information content (AvgIpc) is 2.73. The van der Waals surface area contributed by atoms with Crippen molar-refractivity contribution < 1.29 is 0 Å². The Bertz CT molecular complexity index is 547. The van der Waals surface area contributed by atoms with Gasteiger partial charge in [-0.3, -0.25) is 9.36 Å². The van der Waals surface area contributed by atoms with Crippen LogP contribution in [0.5, 0.6) is 0 Å². The van der Waals surface area contributed by atoms with Gasteiger partial charge in [0.25, 0.3) is 0 Å². The molecule has 4 nitrogen and oxygen atoms in total. The van der Waals surface area contributed by atoms with Crippen molar-refractivity contribution >= 4 is 43.5 Å². The summed E-state index contributed by atoms with van der Waals surface area (Å²) in [7, 11) is 0. The third-order valence-corrected chi connectivity index (χ3v) is 3.97. The summed E-state index contributed by atoms with van der Waals surface area (Å²) in [5, 5.41) is 9.41. The lowest BCUT2D eigenvalue weighted by Crippen LogP contribution is -2.09. The molecule has 0 aliphatic carbocycles. The summed E-state index contributed by atoms with van der Waals surface area (Å²) in [6.45, 7) is 5.34. The van der Waals surface area contributed by atoms with Crippen molar-refractivity contribution in [3.63, 3.8) is 0 Å². The van der Waals surface area contributed by atoms with E-state index >= 15 is 0 Å². The number of aryl methyl sites for hydroxylation is 2. The van der Waals surface area contributed by atoms with Crippen molar-refractivity contribution in [1.82, 2.24) is 19.6 Å². The number of hydrogen-bond acceptors (Lipinski definition) is 2. The van der Waals surface area contributed by atoms with Crippen LogP contribution in [0.25, 0.3) is 0 Å². The van der Waals surface area contributed by atoms with Gasteiger partial charge in [0.05, 0.1) is 23.0 Å². The third-order valence-electron chi connectivity index (χ3n) is 2.45. The second-order valence-electron chi connectivity index (χ2n) is 3.61. The molecule has 0 atom stereocenters. The van der Waals surface area contributed by atoms with Gasteiger partial charge in [-0.25, -0.2) is 0 Å². The van der Waals surface area contributed by atoms with E-state index in [0.717, 1.165) is 27.1 Å². The molecule has 2 aromatic heterocycles. The predicted molar refractivity (Wildman–Crippen MR) is 74.4 cm³/mol. The first kappa shape index (κ1) is 13.1. The number of halogens is 3. The normalized spacial score (nSPS) is 11.1. The molecule has 0 spiro atoms. The zero-order valence-electron chi connectivity index (χ0n) is 9.41. The fraction of sp³-hybridized carbons (Fsp3) is 0.400. The maximum absolute atomic E-state index is 6.25. The molecule has 92 valence electrons. The van der Waals surface area contributed by atoms with Gasteiger partial charge in [-0.15, -0.1) is 0 Å². The molecule has 0 bridgehead atoms. The Hall–Kier alpha value is -0.330. The van der Waals surface area contributed by atoms with E-state index in [1.807, 2.05) is 29.3 Å². The average molecular weight is 382 g/mol. The summed E-state index contributed by atoms with van der Waals surface area (Å²) >= 11 is 13.0. The minimum atomic E-state index is 0.597. The second-order valence-corrected chi connectivity index (χ2v) is 5.61. The van der Waals surface area contributed by atoms with Crippen LogP contribution in [-0.2, 0) is 13.1 Å². The molecule has 0 amide bonds. The van der Waals surface area contributed by atoms with Gasteiger partial charge in [-0.2, -0.15) is 10.2 Å². The van der Waals surface area contributed by atoms with E-state index in [1.165, 1.54) is 0 Å². The van der Waals surface area contributed by atoms with Crippen LogP contribution in [0.3, 0.4) is 0 Å². The molecule has 0 radical (unpaired) electrons. The van der Waals surface area contributed by atoms with E-state index in [2.05, 4.69) is 42.1 Å². The van der Waals surface area contributed by atoms with Gasteiger partial charge in [-0.05, 0) is 45.7 Å². The van der Waals surface area contributed by atoms with Gasteiger partial charge in [0.1, 0.15) is 9.21 Å². The maximum atomic E-state index is 6.25. The van der Waals surface area contributed by atoms with Gasteiger partial charge in [0.2, 0.25) is 0 Å². The van der Waals surface area contributed by atoms with Crippen molar-refractivity contribution in [1.29, 1.82) is 0 Å². The lowest BCUT2D eigenvalue weighted by atomic mass is 10.3. The highest BCUT2D eigenvalue weighted by atomic mass is 79.9. The number of rotatable bonds is 3. The van der Waals surface area contributed by atoms with Crippen LogP contribution in [0.1, 0.15) is 18.3 Å². The quantitative estimate of drug-likeness (QED) is 0.813. The summed E-state index contributed by atoms with van der Waals surface area (Å²) in [4.78, 5) is 0. The summed E-state index contributed by atoms with van der Waals surface area (Å²) < 4.78 is 5.43. The zero-order valence-corrected chi connectivity index (χ0v) is 13.3. The van der Waals surface area contributed by atoms with Gasteiger partial charge >= 0.3 is 0 Å². The van der Waals surface area contributed by atoms with E-state index < -0.39 is 0 Å². The largest absolute Gasteiger partial charge is 0.266 e. The summed E-state index contributed by atoms with van der Waals surface area (Å²) in [6, 6.07) is 1.90. The Morgan fingerprint density at radius 3 is 2.53 bits per heavy atom. The second kappa shape index (κ2) is 5.12. The number of nitrogens with zero attached hydrogens (tertiary/aromatic N) is 4. The van der Waals surface area contributed by atoms with E-state index in [4.69, 9.17) is 11.6 Å². The Balaban J connectivity index is 2.38. The van der Waals surface area contributed by atoms with Gasteiger partial charge in [-0.1, -0.05) is 11.6 Å². The van der Waals surface area contributed by atoms with Crippen LogP contribution in [0.2, 0.25) is 5.02 Å². The van der Waals surface area contributed by atoms with Gasteiger partial charge in [0.15, 0.2) is 0 Å². The lowest BCUT2D eigenvalue weighted by molar-refractivity contribution is 0.569. The fourth-order valence-electron chi connectivity index (χ4n) is 1.64. The van der Waals surface area contributed by atoms with Crippen molar-refractivity contribution in [3.05, 3.63) is 31.7 Å². The van der Waals surface area contributed by atoms with Gasteiger partial charge < -0.3 is 0 Å². The SMILES string of the molecule is CCn1nc(C)c(Cl)c1Cn1nc(Br)cc1Br. The topological polar surface area (TPSA) is 35.6 Å². The summed E-state index contributed by atoms with van der Waals surface area (Å²) in [6.07, 6.45) is 0. The molecule has 2 rings (SSSR count). The van der Waals surface area contributed by atoms with Crippen molar-refractivity contribution in [2.45, 2.75) is 26.9 Å². The summed E-state index contributed by atoms with van der Waals surface area (Å²) in [5.41, 5.74) is 1.83. The monoisotopic (exact) mass is 380 g/mol. The standard InChI is InChI=1S/C10H11Br2ClN4/c1-3-16-7(10(13)6(2)14-16)5-17-9(12)4-8(11)15-17/h4H,3,5H2,1-2H3. The molecule has 7 heteroatoms. The fourth-order valence-corrected chi connectivity index (χ4v) is 2.97. The van der Waals surface area contributed by atoms with Crippen molar-refractivity contribution in [3.8, 4) is 0 Å². The summed E-state index contributed by atoms with van der Waals surface area (Å²) in [5.74, 6) is 0. The third kappa shape index (κ3) is 2.58. The molecule has 0 N–H and O–H groups in total. The Morgan fingerprint density at radius 1 is 1.29 bits per heavy atom. The van der Waals surface area contributed by atoms with Gasteiger partial charge in [0, 0.05) is 12.6 Å². The Labute approximate surface area is 121 Å². The highest BCUT2D eigenvalue weighted by Crippen LogP contribution is 2.23. The van der Waals surface area contributed by atoms with Crippen molar-refractivity contribution in [2.24, 2.45) is 0 Å². The zero-order chi connectivity index (χ0) is 12.6. The Kier molecular flexibility index (Phi) is 3.95. The van der Waals surface area contributed by atoms with Crippen LogP contribution in [-0.4, -0.2) is 19.6 Å². The van der Waals surface area contributed by atoms with Crippen LogP contribution in [0.15, 0.2) is 15.3 Å². The predicted octanol–water partition coefficient (Wildman–Crippen LogP) is 3.63. The lowest BCUT2D eigenvalue weighted by Gasteiger charge is -2.06. The molecule has 0 unspecified atom stereocenters. The van der Waals surface area contributed by atoms with Crippen LogP contribution in [0.4, 0.5) is 0 Å². The minimum absolute atomic E-state index is 0.597. The molecule has 0 saturated heterocycles. The van der Waals surface area contributed by atoms with Crippen molar-refractivity contribution in [2.75, 3.05) is 0 Å². The smallest absolute Gasteiger partial charge is 0.129 e.